The summed E-state index contributed by atoms with van der Waals surface area (Å²) >= 11 is 0. The van der Waals surface area contributed by atoms with Gasteiger partial charge < -0.3 is 10.6 Å². The molecule has 0 aliphatic heterocycles. The summed E-state index contributed by atoms with van der Waals surface area (Å²) in [6, 6.07) is 0. The van der Waals surface area contributed by atoms with E-state index in [0.29, 0.717) is 6.54 Å². The minimum atomic E-state index is -0.0831. The van der Waals surface area contributed by atoms with E-state index in [-0.39, 0.29) is 18.0 Å². The predicted molar refractivity (Wildman–Crippen MR) is 60.7 cm³/mol. The van der Waals surface area contributed by atoms with Crippen LogP contribution in [0.25, 0.3) is 0 Å². The lowest BCUT2D eigenvalue weighted by atomic mass is 10.1. The van der Waals surface area contributed by atoms with Crippen LogP contribution >= 0.6 is 0 Å². The van der Waals surface area contributed by atoms with Gasteiger partial charge in [-0.2, -0.15) is 0 Å². The van der Waals surface area contributed by atoms with E-state index in [1.54, 1.807) is 13.2 Å². The van der Waals surface area contributed by atoms with Gasteiger partial charge in [-0.05, 0) is 20.8 Å². The van der Waals surface area contributed by atoms with E-state index in [9.17, 15) is 4.79 Å². The molecule has 0 fully saturated rings. The minimum Gasteiger partial charge on any atom is -0.358 e. The van der Waals surface area contributed by atoms with Gasteiger partial charge in [0.1, 0.15) is 6.54 Å². The van der Waals surface area contributed by atoms with E-state index in [4.69, 9.17) is 0 Å². The van der Waals surface area contributed by atoms with Crippen molar-refractivity contribution < 1.29 is 4.79 Å². The zero-order valence-corrected chi connectivity index (χ0v) is 10.2. The Bertz CT molecular complexity index is 352. The second kappa shape index (κ2) is 5.07. The Morgan fingerprint density at radius 1 is 1.50 bits per heavy atom. The summed E-state index contributed by atoms with van der Waals surface area (Å²) in [4.78, 5) is 11.1. The third kappa shape index (κ3) is 4.39. The monoisotopic (exact) mass is 225 g/mol. The summed E-state index contributed by atoms with van der Waals surface area (Å²) in [7, 11) is 1.60. The molecule has 0 aliphatic rings. The normalized spacial score (nSPS) is 11.5. The van der Waals surface area contributed by atoms with E-state index in [2.05, 4.69) is 41.7 Å². The van der Waals surface area contributed by atoms with E-state index < -0.39 is 0 Å². The average molecular weight is 225 g/mol. The maximum atomic E-state index is 11.1. The zero-order valence-electron chi connectivity index (χ0n) is 10.2. The molecule has 1 amide bonds. The fourth-order valence-corrected chi connectivity index (χ4v) is 1.08. The van der Waals surface area contributed by atoms with Crippen molar-refractivity contribution in [2.45, 2.75) is 39.4 Å². The standard InChI is InChI=1S/C10H19N5O/c1-10(2,3)12-5-8-6-15(14-13-8)7-9(16)11-4/h6,12H,5,7H2,1-4H3,(H,11,16). The van der Waals surface area contributed by atoms with Gasteiger partial charge >= 0.3 is 0 Å². The first-order chi connectivity index (χ1) is 7.40. The molecular formula is C10H19N5O. The topological polar surface area (TPSA) is 71.8 Å². The first-order valence-electron chi connectivity index (χ1n) is 5.25. The van der Waals surface area contributed by atoms with Crippen LogP contribution in [0, 0.1) is 0 Å². The maximum Gasteiger partial charge on any atom is 0.241 e. The lowest BCUT2D eigenvalue weighted by Crippen LogP contribution is -2.35. The van der Waals surface area contributed by atoms with Crippen LogP contribution in [0.2, 0.25) is 0 Å². The van der Waals surface area contributed by atoms with Gasteiger partial charge in [0.25, 0.3) is 0 Å². The van der Waals surface area contributed by atoms with Crippen molar-refractivity contribution in [3.8, 4) is 0 Å². The highest BCUT2D eigenvalue weighted by atomic mass is 16.1. The van der Waals surface area contributed by atoms with E-state index in [0.717, 1.165) is 5.69 Å². The number of amides is 1. The molecule has 1 heterocycles. The van der Waals surface area contributed by atoms with Crippen LogP contribution < -0.4 is 10.6 Å². The van der Waals surface area contributed by atoms with Crippen LogP contribution in [0.3, 0.4) is 0 Å². The number of likely N-dealkylation sites (N-methyl/N-ethyl adjacent to an activating group) is 1. The summed E-state index contributed by atoms with van der Waals surface area (Å²) in [5.74, 6) is -0.0831. The highest BCUT2D eigenvalue weighted by molar-refractivity contribution is 5.75. The Kier molecular flexibility index (Phi) is 4.00. The molecule has 0 unspecified atom stereocenters. The van der Waals surface area contributed by atoms with Crippen molar-refractivity contribution >= 4 is 5.91 Å². The Balaban J connectivity index is 2.48. The fraction of sp³-hybridized carbons (Fsp3) is 0.700. The summed E-state index contributed by atoms with van der Waals surface area (Å²) < 4.78 is 1.53. The molecule has 6 nitrogen and oxygen atoms in total. The molecule has 0 spiro atoms. The van der Waals surface area contributed by atoms with Gasteiger partial charge in [-0.3, -0.25) is 4.79 Å². The fourth-order valence-electron chi connectivity index (χ4n) is 1.08. The van der Waals surface area contributed by atoms with Gasteiger partial charge in [-0.1, -0.05) is 5.21 Å². The van der Waals surface area contributed by atoms with Crippen LogP contribution in [0.4, 0.5) is 0 Å². The van der Waals surface area contributed by atoms with Gasteiger partial charge in [0.05, 0.1) is 11.9 Å². The van der Waals surface area contributed by atoms with Gasteiger partial charge in [-0.25, -0.2) is 4.68 Å². The third-order valence-corrected chi connectivity index (χ3v) is 1.97. The summed E-state index contributed by atoms with van der Waals surface area (Å²) in [6.45, 7) is 7.11. The quantitative estimate of drug-likeness (QED) is 0.751. The van der Waals surface area contributed by atoms with Crippen molar-refractivity contribution in [2.75, 3.05) is 7.05 Å². The molecular weight excluding hydrogens is 206 g/mol. The number of carbonyl (C=O) groups is 1. The van der Waals surface area contributed by atoms with Crippen LogP contribution in [-0.4, -0.2) is 33.5 Å². The largest absolute Gasteiger partial charge is 0.358 e. The summed E-state index contributed by atoms with van der Waals surface area (Å²) in [6.07, 6.45) is 1.77. The Morgan fingerprint density at radius 2 is 2.19 bits per heavy atom. The molecule has 16 heavy (non-hydrogen) atoms. The number of aromatic nitrogens is 3. The lowest BCUT2D eigenvalue weighted by molar-refractivity contribution is -0.121. The Morgan fingerprint density at radius 3 is 2.75 bits per heavy atom. The molecule has 0 aliphatic carbocycles. The minimum absolute atomic E-state index is 0.0462. The summed E-state index contributed by atoms with van der Waals surface area (Å²) in [5, 5.41) is 13.7. The SMILES string of the molecule is CNC(=O)Cn1cc(CNC(C)(C)C)nn1. The number of nitrogens with zero attached hydrogens (tertiary/aromatic N) is 3. The molecule has 0 radical (unpaired) electrons. The predicted octanol–water partition coefficient (Wildman–Crippen LogP) is -0.0878. The number of nitrogens with one attached hydrogen (secondary N) is 2. The first-order valence-corrected chi connectivity index (χ1v) is 5.25. The summed E-state index contributed by atoms with van der Waals surface area (Å²) in [5.41, 5.74) is 0.878. The second-order valence-electron chi connectivity index (χ2n) is 4.68. The van der Waals surface area contributed by atoms with Crippen LogP contribution in [0.15, 0.2) is 6.20 Å². The molecule has 0 bridgehead atoms. The average Bonchev–Trinajstić information content (AvgIpc) is 2.61. The van der Waals surface area contributed by atoms with Crippen LogP contribution in [-0.2, 0) is 17.9 Å². The van der Waals surface area contributed by atoms with Gasteiger partial charge in [-0.15, -0.1) is 5.10 Å². The number of hydrogen-bond donors (Lipinski definition) is 2. The number of rotatable bonds is 4. The molecule has 1 rings (SSSR count). The molecule has 0 saturated heterocycles. The molecule has 0 saturated carbocycles. The Hall–Kier alpha value is -1.43. The highest BCUT2D eigenvalue weighted by Gasteiger charge is 2.10. The molecule has 6 heteroatoms. The third-order valence-electron chi connectivity index (χ3n) is 1.97. The first kappa shape index (κ1) is 12.6. The van der Waals surface area contributed by atoms with Gasteiger partial charge in [0.2, 0.25) is 5.91 Å². The molecule has 1 aromatic rings. The molecule has 0 atom stereocenters. The molecule has 90 valence electrons. The maximum absolute atomic E-state index is 11.1. The van der Waals surface area contributed by atoms with E-state index in [1.807, 2.05) is 0 Å². The van der Waals surface area contributed by atoms with Gasteiger partial charge in [0.15, 0.2) is 0 Å². The highest BCUT2D eigenvalue weighted by Crippen LogP contribution is 2.01. The second-order valence-corrected chi connectivity index (χ2v) is 4.68. The number of hydrogen-bond acceptors (Lipinski definition) is 4. The molecule has 1 aromatic heterocycles. The Labute approximate surface area is 95.4 Å². The lowest BCUT2D eigenvalue weighted by Gasteiger charge is -2.19. The van der Waals surface area contributed by atoms with E-state index >= 15 is 0 Å². The van der Waals surface area contributed by atoms with Gasteiger partial charge in [0, 0.05) is 19.1 Å². The van der Waals surface area contributed by atoms with Crippen molar-refractivity contribution in [3.05, 3.63) is 11.9 Å². The smallest absolute Gasteiger partial charge is 0.241 e. The van der Waals surface area contributed by atoms with E-state index in [1.165, 1.54) is 4.68 Å². The number of carbonyl (C=O) groups excluding carboxylic acids is 1. The van der Waals surface area contributed by atoms with Crippen LogP contribution in [0.5, 0.6) is 0 Å². The zero-order chi connectivity index (χ0) is 12.2. The van der Waals surface area contributed by atoms with Crippen LogP contribution in [0.1, 0.15) is 26.5 Å². The van der Waals surface area contributed by atoms with Crippen molar-refractivity contribution in [3.63, 3.8) is 0 Å². The van der Waals surface area contributed by atoms with Crippen molar-refractivity contribution in [1.82, 2.24) is 25.6 Å². The van der Waals surface area contributed by atoms with Crippen molar-refractivity contribution in [2.24, 2.45) is 0 Å². The molecule has 2 N–H and O–H groups in total. The van der Waals surface area contributed by atoms with Crippen molar-refractivity contribution in [1.29, 1.82) is 0 Å². The molecule has 0 aromatic carbocycles.